The highest BCUT2D eigenvalue weighted by atomic mass is 16.5. The maximum Gasteiger partial charge on any atom is 0.305 e. The van der Waals surface area contributed by atoms with Crippen molar-refractivity contribution in [1.82, 2.24) is 0 Å². The summed E-state index contributed by atoms with van der Waals surface area (Å²) in [4.78, 5) is 24.3. The molecule has 3 nitrogen and oxygen atoms in total. The number of ether oxygens (including phenoxy) is 1. The van der Waals surface area contributed by atoms with Crippen molar-refractivity contribution in [2.75, 3.05) is 6.61 Å². The van der Waals surface area contributed by atoms with Crippen LogP contribution in [-0.2, 0) is 14.3 Å². The van der Waals surface area contributed by atoms with Gasteiger partial charge in [0.1, 0.15) is 5.78 Å². The summed E-state index contributed by atoms with van der Waals surface area (Å²) in [6, 6.07) is 0. The highest BCUT2D eigenvalue weighted by Crippen LogP contribution is 2.17. The lowest BCUT2D eigenvalue weighted by atomic mass is 10.0. The number of esters is 1. The minimum Gasteiger partial charge on any atom is -0.466 e. The first-order valence-electron chi connectivity index (χ1n) is 25.9. The van der Waals surface area contributed by atoms with Crippen LogP contribution in [0.3, 0.4) is 0 Å². The molecule has 0 heterocycles. The molecule has 0 atom stereocenters. The number of carbonyl (C=O) groups is 2. The first-order chi connectivity index (χ1) is 27.2. The molecule has 0 N–H and O–H groups in total. The van der Waals surface area contributed by atoms with E-state index in [4.69, 9.17) is 4.74 Å². The van der Waals surface area contributed by atoms with E-state index in [9.17, 15) is 9.59 Å². The molecule has 0 saturated heterocycles. The highest BCUT2D eigenvalue weighted by Gasteiger charge is 2.04. The molecule has 0 aromatic rings. The van der Waals surface area contributed by atoms with Gasteiger partial charge in [-0.25, -0.2) is 0 Å². The molecule has 55 heavy (non-hydrogen) atoms. The fourth-order valence-corrected chi connectivity index (χ4v) is 8.26. The number of hydrogen-bond acceptors (Lipinski definition) is 3. The Kier molecular flexibility index (Phi) is 48.5. The number of Topliss-reactive ketones (excluding diaryl/α,β-unsaturated/α-hetero) is 1. The van der Waals surface area contributed by atoms with E-state index in [0.717, 1.165) is 38.5 Å². The van der Waals surface area contributed by atoms with Crippen LogP contribution in [0.1, 0.15) is 316 Å². The molecule has 0 radical (unpaired) electrons. The Morgan fingerprint density at radius 3 is 0.709 bits per heavy atom. The Hall–Kier alpha value is -0.860. The summed E-state index contributed by atoms with van der Waals surface area (Å²) in [6.45, 7) is 5.20. The predicted octanol–water partition coefficient (Wildman–Crippen LogP) is 18.5. The van der Waals surface area contributed by atoms with E-state index < -0.39 is 0 Å². The Morgan fingerprint density at radius 1 is 0.255 bits per heavy atom. The van der Waals surface area contributed by atoms with Gasteiger partial charge in [-0.05, 0) is 25.7 Å². The summed E-state index contributed by atoms with van der Waals surface area (Å²) < 4.78 is 5.48. The van der Waals surface area contributed by atoms with Gasteiger partial charge in [0.15, 0.2) is 0 Å². The Labute approximate surface area is 347 Å². The Balaban J connectivity index is 3.20. The van der Waals surface area contributed by atoms with E-state index in [-0.39, 0.29) is 5.97 Å². The maximum absolute atomic E-state index is 12.2. The molecule has 0 amide bonds. The SMILES string of the molecule is CCCCCCCCCCCCCCCCCC(=O)CCCCCCCCCCCCCCCCOC(=O)CCCCCCCCCCCCCCCCC. The molecule has 0 spiro atoms. The lowest BCUT2D eigenvalue weighted by molar-refractivity contribution is -0.143. The second-order valence-corrected chi connectivity index (χ2v) is 17.9. The molecule has 0 aliphatic heterocycles. The minimum absolute atomic E-state index is 0.0190. The number of unbranched alkanes of at least 4 members (excludes halogenated alkanes) is 41. The van der Waals surface area contributed by atoms with Gasteiger partial charge in [0.05, 0.1) is 6.61 Å². The number of carbonyl (C=O) groups excluding carboxylic acids is 2. The molecule has 0 aromatic heterocycles. The molecule has 0 aliphatic carbocycles. The lowest BCUT2D eigenvalue weighted by Crippen LogP contribution is -2.05. The zero-order valence-corrected chi connectivity index (χ0v) is 38.2. The average molecular weight is 775 g/mol. The van der Waals surface area contributed by atoms with Crippen molar-refractivity contribution in [2.45, 2.75) is 316 Å². The smallest absolute Gasteiger partial charge is 0.305 e. The summed E-state index contributed by atoms with van der Waals surface area (Å²) in [5.74, 6) is 0.532. The second kappa shape index (κ2) is 49.3. The third kappa shape index (κ3) is 49.2. The molecule has 0 saturated carbocycles. The van der Waals surface area contributed by atoms with Crippen LogP contribution in [0.5, 0.6) is 0 Å². The van der Waals surface area contributed by atoms with E-state index in [1.807, 2.05) is 0 Å². The van der Waals surface area contributed by atoms with Gasteiger partial charge >= 0.3 is 5.97 Å². The molecule has 0 aliphatic rings. The highest BCUT2D eigenvalue weighted by molar-refractivity contribution is 5.78. The minimum atomic E-state index is 0.0190. The molecular formula is C52H102O3. The van der Waals surface area contributed by atoms with Gasteiger partial charge in [-0.2, -0.15) is 0 Å². The van der Waals surface area contributed by atoms with Crippen molar-refractivity contribution in [1.29, 1.82) is 0 Å². The molecule has 328 valence electrons. The third-order valence-corrected chi connectivity index (χ3v) is 12.2. The number of rotatable bonds is 49. The number of hydrogen-bond donors (Lipinski definition) is 0. The fourth-order valence-electron chi connectivity index (χ4n) is 8.26. The normalized spacial score (nSPS) is 11.5. The van der Waals surface area contributed by atoms with Gasteiger partial charge in [0.2, 0.25) is 0 Å². The van der Waals surface area contributed by atoms with Crippen molar-refractivity contribution < 1.29 is 14.3 Å². The predicted molar refractivity (Wildman–Crippen MR) is 244 cm³/mol. The summed E-state index contributed by atoms with van der Waals surface area (Å²) in [5, 5.41) is 0. The van der Waals surface area contributed by atoms with Gasteiger partial charge < -0.3 is 4.74 Å². The summed E-state index contributed by atoms with van der Waals surface area (Å²) in [7, 11) is 0. The van der Waals surface area contributed by atoms with Gasteiger partial charge in [-0.1, -0.05) is 271 Å². The van der Waals surface area contributed by atoms with Crippen molar-refractivity contribution in [3.8, 4) is 0 Å². The van der Waals surface area contributed by atoms with Crippen LogP contribution in [0, 0.1) is 0 Å². The molecule has 0 fully saturated rings. The topological polar surface area (TPSA) is 43.4 Å². The molecule has 0 aromatic carbocycles. The first kappa shape index (κ1) is 54.1. The number of ketones is 1. The first-order valence-corrected chi connectivity index (χ1v) is 25.9. The van der Waals surface area contributed by atoms with E-state index in [2.05, 4.69) is 13.8 Å². The van der Waals surface area contributed by atoms with Gasteiger partial charge in [-0.3, -0.25) is 9.59 Å². The van der Waals surface area contributed by atoms with Crippen LogP contribution in [0.2, 0.25) is 0 Å². The zero-order chi connectivity index (χ0) is 39.8. The lowest BCUT2D eigenvalue weighted by Gasteiger charge is -2.06. The summed E-state index contributed by atoms with van der Waals surface area (Å²) in [6.07, 6.45) is 61.4. The van der Waals surface area contributed by atoms with Crippen molar-refractivity contribution in [2.24, 2.45) is 0 Å². The largest absolute Gasteiger partial charge is 0.466 e. The van der Waals surface area contributed by atoms with Crippen LogP contribution < -0.4 is 0 Å². The molecule has 0 rings (SSSR count). The zero-order valence-electron chi connectivity index (χ0n) is 38.2. The molecule has 0 unspecified atom stereocenters. The van der Waals surface area contributed by atoms with Crippen LogP contribution in [0.4, 0.5) is 0 Å². The van der Waals surface area contributed by atoms with E-state index in [0.29, 0.717) is 18.8 Å². The summed E-state index contributed by atoms with van der Waals surface area (Å²) in [5.41, 5.74) is 0. The Morgan fingerprint density at radius 2 is 0.455 bits per heavy atom. The molecular weight excluding hydrogens is 673 g/mol. The van der Waals surface area contributed by atoms with E-state index in [1.54, 1.807) is 0 Å². The van der Waals surface area contributed by atoms with Gasteiger partial charge in [0, 0.05) is 19.3 Å². The van der Waals surface area contributed by atoms with Crippen molar-refractivity contribution in [3.63, 3.8) is 0 Å². The van der Waals surface area contributed by atoms with E-state index >= 15 is 0 Å². The van der Waals surface area contributed by atoms with Gasteiger partial charge in [-0.15, -0.1) is 0 Å². The van der Waals surface area contributed by atoms with Crippen LogP contribution >= 0.6 is 0 Å². The van der Waals surface area contributed by atoms with Crippen LogP contribution in [0.15, 0.2) is 0 Å². The third-order valence-electron chi connectivity index (χ3n) is 12.2. The van der Waals surface area contributed by atoms with Crippen molar-refractivity contribution in [3.05, 3.63) is 0 Å². The maximum atomic E-state index is 12.2. The standard InChI is InChI=1S/C52H102O3/c1-3-5-7-9-11-13-15-17-19-23-27-31-35-39-43-47-51(53)48-44-40-36-32-28-24-21-22-26-30-34-38-42-46-50-55-52(54)49-45-41-37-33-29-25-20-18-16-14-12-10-8-6-4-2/h3-50H2,1-2H3. The van der Waals surface area contributed by atoms with E-state index in [1.165, 1.54) is 257 Å². The Bertz CT molecular complexity index is 672. The monoisotopic (exact) mass is 775 g/mol. The second-order valence-electron chi connectivity index (χ2n) is 17.9. The quantitative estimate of drug-likeness (QED) is 0.0457. The summed E-state index contributed by atoms with van der Waals surface area (Å²) >= 11 is 0. The van der Waals surface area contributed by atoms with Crippen LogP contribution in [-0.4, -0.2) is 18.4 Å². The fraction of sp³-hybridized carbons (Fsp3) is 0.962. The molecule has 3 heteroatoms. The van der Waals surface area contributed by atoms with Gasteiger partial charge in [0.25, 0.3) is 0 Å². The van der Waals surface area contributed by atoms with Crippen molar-refractivity contribution >= 4 is 11.8 Å². The van der Waals surface area contributed by atoms with Crippen LogP contribution in [0.25, 0.3) is 0 Å². The molecule has 0 bridgehead atoms. The average Bonchev–Trinajstić information content (AvgIpc) is 3.19.